The van der Waals surface area contributed by atoms with Gasteiger partial charge in [0.25, 0.3) is 0 Å². The number of benzene rings is 1. The Balaban J connectivity index is 2.23. The number of methoxy groups -OCH3 is 1. The number of ether oxygens (including phenoxy) is 1. The lowest BCUT2D eigenvalue weighted by molar-refractivity contribution is 0.408. The Morgan fingerprint density at radius 1 is 1.35 bits per heavy atom. The molecule has 0 bridgehead atoms. The molecule has 1 aromatic carbocycles. The fourth-order valence-corrected chi connectivity index (χ4v) is 2.82. The fraction of sp³-hybridized carbons (Fsp3) is 0.600. The Bertz CT molecular complexity index is 367. The minimum atomic E-state index is 0.183. The van der Waals surface area contributed by atoms with E-state index < -0.39 is 0 Å². The topological polar surface area (TPSA) is 35.2 Å². The van der Waals surface area contributed by atoms with Crippen molar-refractivity contribution in [3.8, 4) is 5.75 Å². The molecule has 0 spiro atoms. The molecule has 1 saturated carbocycles. The molecule has 1 aliphatic rings. The van der Waals surface area contributed by atoms with Crippen molar-refractivity contribution in [2.75, 3.05) is 7.11 Å². The van der Waals surface area contributed by atoms with E-state index in [0.29, 0.717) is 0 Å². The fourth-order valence-electron chi connectivity index (χ4n) is 2.82. The van der Waals surface area contributed by atoms with Crippen molar-refractivity contribution >= 4 is 0 Å². The number of nitrogens with two attached hydrogens (primary N) is 1. The first-order valence-corrected chi connectivity index (χ1v) is 6.63. The van der Waals surface area contributed by atoms with Crippen molar-refractivity contribution in [2.45, 2.75) is 51.0 Å². The van der Waals surface area contributed by atoms with E-state index in [-0.39, 0.29) is 6.04 Å². The van der Waals surface area contributed by atoms with Gasteiger partial charge in [-0.25, -0.2) is 0 Å². The molecular formula is C15H23NO. The lowest BCUT2D eigenvalue weighted by atomic mass is 9.94. The molecule has 1 atom stereocenters. The van der Waals surface area contributed by atoms with Crippen LogP contribution in [-0.2, 0) is 6.42 Å². The van der Waals surface area contributed by atoms with Gasteiger partial charge in [0, 0.05) is 6.04 Å². The normalized spacial score (nSPS) is 18.3. The summed E-state index contributed by atoms with van der Waals surface area (Å²) in [5.41, 5.74) is 8.62. The number of hydrogen-bond acceptors (Lipinski definition) is 2. The van der Waals surface area contributed by atoms with Crippen molar-refractivity contribution < 1.29 is 4.74 Å². The van der Waals surface area contributed by atoms with Crippen LogP contribution in [0.25, 0.3) is 0 Å². The molecular weight excluding hydrogens is 210 g/mol. The zero-order valence-corrected chi connectivity index (χ0v) is 10.9. The lowest BCUT2D eigenvalue weighted by Gasteiger charge is -2.15. The van der Waals surface area contributed by atoms with Crippen molar-refractivity contribution in [2.24, 2.45) is 5.73 Å². The first-order valence-electron chi connectivity index (χ1n) is 6.63. The van der Waals surface area contributed by atoms with Crippen molar-refractivity contribution in [3.63, 3.8) is 0 Å². The first kappa shape index (κ1) is 12.4. The van der Waals surface area contributed by atoms with Gasteiger partial charge >= 0.3 is 0 Å². The standard InChI is InChI=1S/C15H23NO/c1-11(16)9-14-10-13(7-8-15(14)17-2)12-5-3-4-6-12/h7-8,10-12H,3-6,9,16H2,1-2H3. The molecule has 0 radical (unpaired) electrons. The highest BCUT2D eigenvalue weighted by Crippen LogP contribution is 2.36. The minimum absolute atomic E-state index is 0.183. The van der Waals surface area contributed by atoms with Crippen LogP contribution in [0.2, 0.25) is 0 Å². The van der Waals surface area contributed by atoms with Crippen LogP contribution >= 0.6 is 0 Å². The molecule has 2 nitrogen and oxygen atoms in total. The highest BCUT2D eigenvalue weighted by Gasteiger charge is 2.18. The molecule has 0 heterocycles. The van der Waals surface area contributed by atoms with Gasteiger partial charge in [-0.3, -0.25) is 0 Å². The molecule has 2 rings (SSSR count). The van der Waals surface area contributed by atoms with Crippen LogP contribution in [0.3, 0.4) is 0 Å². The predicted octanol–water partition coefficient (Wildman–Crippen LogP) is 3.24. The Morgan fingerprint density at radius 3 is 2.65 bits per heavy atom. The second-order valence-electron chi connectivity index (χ2n) is 5.23. The summed E-state index contributed by atoms with van der Waals surface area (Å²) in [6, 6.07) is 6.81. The van der Waals surface area contributed by atoms with E-state index in [1.165, 1.54) is 36.8 Å². The van der Waals surface area contributed by atoms with E-state index in [9.17, 15) is 0 Å². The van der Waals surface area contributed by atoms with Crippen LogP contribution in [0.4, 0.5) is 0 Å². The van der Waals surface area contributed by atoms with Gasteiger partial charge in [-0.1, -0.05) is 25.0 Å². The summed E-state index contributed by atoms with van der Waals surface area (Å²) in [6.07, 6.45) is 6.32. The Hall–Kier alpha value is -1.02. The summed E-state index contributed by atoms with van der Waals surface area (Å²) in [5.74, 6) is 1.73. The third-order valence-corrected chi connectivity index (χ3v) is 3.67. The molecule has 17 heavy (non-hydrogen) atoms. The van der Waals surface area contributed by atoms with Gasteiger partial charge in [-0.05, 0) is 49.3 Å². The minimum Gasteiger partial charge on any atom is -0.496 e. The lowest BCUT2D eigenvalue weighted by Crippen LogP contribution is -2.18. The van der Waals surface area contributed by atoms with Crippen LogP contribution in [0.1, 0.15) is 49.7 Å². The van der Waals surface area contributed by atoms with Crippen LogP contribution in [0.5, 0.6) is 5.75 Å². The Kier molecular flexibility index (Phi) is 4.06. The van der Waals surface area contributed by atoms with Crippen LogP contribution in [-0.4, -0.2) is 13.2 Å². The van der Waals surface area contributed by atoms with Crippen LogP contribution < -0.4 is 10.5 Å². The third-order valence-electron chi connectivity index (χ3n) is 3.67. The molecule has 0 amide bonds. The number of hydrogen-bond donors (Lipinski definition) is 1. The zero-order valence-electron chi connectivity index (χ0n) is 10.9. The van der Waals surface area contributed by atoms with Gasteiger partial charge in [-0.15, -0.1) is 0 Å². The van der Waals surface area contributed by atoms with Crippen LogP contribution in [0, 0.1) is 0 Å². The monoisotopic (exact) mass is 233 g/mol. The molecule has 1 aliphatic carbocycles. The quantitative estimate of drug-likeness (QED) is 0.866. The molecule has 0 aliphatic heterocycles. The molecule has 1 fully saturated rings. The first-order chi connectivity index (χ1) is 8.20. The maximum Gasteiger partial charge on any atom is 0.122 e. The third kappa shape index (κ3) is 3.01. The zero-order chi connectivity index (χ0) is 12.3. The highest BCUT2D eigenvalue weighted by atomic mass is 16.5. The predicted molar refractivity (Wildman–Crippen MR) is 71.6 cm³/mol. The molecule has 0 saturated heterocycles. The summed E-state index contributed by atoms with van der Waals surface area (Å²) >= 11 is 0. The maximum absolute atomic E-state index is 5.90. The molecule has 2 N–H and O–H groups in total. The van der Waals surface area contributed by atoms with Crippen molar-refractivity contribution in [1.29, 1.82) is 0 Å². The van der Waals surface area contributed by atoms with Crippen molar-refractivity contribution in [1.82, 2.24) is 0 Å². The van der Waals surface area contributed by atoms with E-state index in [2.05, 4.69) is 18.2 Å². The molecule has 94 valence electrons. The van der Waals surface area contributed by atoms with E-state index in [1.54, 1.807) is 7.11 Å². The molecule has 1 unspecified atom stereocenters. The van der Waals surface area contributed by atoms with Gasteiger partial charge in [0.1, 0.15) is 5.75 Å². The largest absolute Gasteiger partial charge is 0.496 e. The summed E-state index contributed by atoms with van der Waals surface area (Å²) in [4.78, 5) is 0. The van der Waals surface area contributed by atoms with Crippen molar-refractivity contribution in [3.05, 3.63) is 29.3 Å². The van der Waals surface area contributed by atoms with E-state index >= 15 is 0 Å². The summed E-state index contributed by atoms with van der Waals surface area (Å²) in [6.45, 7) is 2.04. The average Bonchev–Trinajstić information content (AvgIpc) is 2.81. The SMILES string of the molecule is COc1ccc(C2CCCC2)cc1CC(C)N. The van der Waals surface area contributed by atoms with Gasteiger partial charge in [0.2, 0.25) is 0 Å². The van der Waals surface area contributed by atoms with E-state index in [0.717, 1.165) is 18.1 Å². The van der Waals surface area contributed by atoms with Gasteiger partial charge in [0.05, 0.1) is 7.11 Å². The smallest absolute Gasteiger partial charge is 0.122 e. The van der Waals surface area contributed by atoms with E-state index in [4.69, 9.17) is 10.5 Å². The maximum atomic E-state index is 5.90. The molecule has 2 heteroatoms. The number of rotatable bonds is 4. The highest BCUT2D eigenvalue weighted by molar-refractivity contribution is 5.39. The molecule has 1 aromatic rings. The summed E-state index contributed by atoms with van der Waals surface area (Å²) in [7, 11) is 1.73. The molecule has 0 aromatic heterocycles. The van der Waals surface area contributed by atoms with Crippen LogP contribution in [0.15, 0.2) is 18.2 Å². The Morgan fingerprint density at radius 2 is 2.06 bits per heavy atom. The van der Waals surface area contributed by atoms with Gasteiger partial charge < -0.3 is 10.5 Å². The second kappa shape index (κ2) is 5.54. The summed E-state index contributed by atoms with van der Waals surface area (Å²) < 4.78 is 5.41. The second-order valence-corrected chi connectivity index (χ2v) is 5.23. The Labute approximate surface area is 104 Å². The van der Waals surface area contributed by atoms with Gasteiger partial charge in [0.15, 0.2) is 0 Å². The summed E-state index contributed by atoms with van der Waals surface area (Å²) in [5, 5.41) is 0. The van der Waals surface area contributed by atoms with E-state index in [1.807, 2.05) is 6.92 Å². The average molecular weight is 233 g/mol. The van der Waals surface area contributed by atoms with Gasteiger partial charge in [-0.2, -0.15) is 0 Å².